The van der Waals surface area contributed by atoms with E-state index in [-0.39, 0.29) is 17.9 Å². The molecule has 0 spiro atoms. The van der Waals surface area contributed by atoms with Gasteiger partial charge in [-0.25, -0.2) is 4.98 Å². The number of aromatic nitrogens is 2. The lowest BCUT2D eigenvalue weighted by molar-refractivity contribution is -0.122. The van der Waals surface area contributed by atoms with Crippen molar-refractivity contribution in [1.82, 2.24) is 9.97 Å². The van der Waals surface area contributed by atoms with Crippen LogP contribution < -0.4 is 10.2 Å². The molecule has 128 valence electrons. The molecule has 2 aromatic rings. The topological polar surface area (TPSA) is 75.2 Å². The number of nitrogens with zero attached hydrogens (tertiary/aromatic N) is 3. The van der Waals surface area contributed by atoms with Crippen LogP contribution in [0, 0.1) is 6.92 Å². The maximum atomic E-state index is 12.8. The molecule has 1 N–H and O–H groups in total. The van der Waals surface area contributed by atoms with E-state index in [9.17, 15) is 9.59 Å². The molecule has 2 aromatic heterocycles. The molecular formula is C19H20N4O2. The van der Waals surface area contributed by atoms with E-state index in [0.29, 0.717) is 11.4 Å². The summed E-state index contributed by atoms with van der Waals surface area (Å²) >= 11 is 0. The Morgan fingerprint density at radius 3 is 2.72 bits per heavy atom. The first-order valence-corrected chi connectivity index (χ1v) is 8.46. The van der Waals surface area contributed by atoms with Crippen molar-refractivity contribution < 1.29 is 9.59 Å². The van der Waals surface area contributed by atoms with Gasteiger partial charge in [0.25, 0.3) is 5.91 Å². The van der Waals surface area contributed by atoms with Crippen molar-refractivity contribution in [3.05, 3.63) is 47.4 Å². The Hall–Kier alpha value is -2.76. The molecule has 1 saturated carbocycles. The predicted molar refractivity (Wildman–Crippen MR) is 94.7 cm³/mol. The van der Waals surface area contributed by atoms with E-state index in [1.165, 1.54) is 0 Å². The summed E-state index contributed by atoms with van der Waals surface area (Å²) in [5, 5.41) is 2.82. The van der Waals surface area contributed by atoms with Crippen molar-refractivity contribution in [2.45, 2.75) is 45.1 Å². The van der Waals surface area contributed by atoms with Crippen molar-refractivity contribution in [3.8, 4) is 0 Å². The normalized spacial score (nSPS) is 18.2. The molecule has 0 saturated heterocycles. The number of nitrogens with one attached hydrogen (secondary N) is 1. The lowest BCUT2D eigenvalue weighted by atomic mass is 9.87. The molecule has 6 heteroatoms. The van der Waals surface area contributed by atoms with Crippen molar-refractivity contribution in [2.24, 2.45) is 0 Å². The van der Waals surface area contributed by atoms with Gasteiger partial charge in [-0.05, 0) is 45.7 Å². The smallest absolute Gasteiger partial charge is 0.256 e. The molecule has 4 rings (SSSR count). The van der Waals surface area contributed by atoms with E-state index >= 15 is 0 Å². The maximum Gasteiger partial charge on any atom is 0.256 e. The van der Waals surface area contributed by atoms with Crippen LogP contribution in [0.25, 0.3) is 0 Å². The SMILES string of the molecule is Cc1cc(C(=O)Nc2cc3c(cn2)C(C)(C)C(=O)N3C2CC2)ccn1. The average molecular weight is 336 g/mol. The third-order valence-electron chi connectivity index (χ3n) is 4.88. The molecule has 0 bridgehead atoms. The molecule has 2 amide bonds. The van der Waals surface area contributed by atoms with Gasteiger partial charge in [-0.1, -0.05) is 0 Å². The van der Waals surface area contributed by atoms with Gasteiger partial charge in [-0.15, -0.1) is 0 Å². The fourth-order valence-electron chi connectivity index (χ4n) is 3.29. The number of aryl methyl sites for hydroxylation is 1. The van der Waals surface area contributed by atoms with Gasteiger partial charge in [0.1, 0.15) is 5.82 Å². The Labute approximate surface area is 146 Å². The number of amides is 2. The van der Waals surface area contributed by atoms with Gasteiger partial charge in [0, 0.05) is 41.3 Å². The standard InChI is InChI=1S/C19H20N4O2/c1-11-8-12(6-7-20-11)17(24)22-16-9-15-14(10-21-16)19(2,3)18(25)23(15)13-4-5-13/h6-10,13H,4-5H2,1-3H3,(H,21,22,24). The minimum absolute atomic E-state index is 0.111. The highest BCUT2D eigenvalue weighted by Gasteiger charge is 2.49. The van der Waals surface area contributed by atoms with Crippen molar-refractivity contribution in [2.75, 3.05) is 10.2 Å². The number of pyridine rings is 2. The summed E-state index contributed by atoms with van der Waals surface area (Å²) < 4.78 is 0. The highest BCUT2D eigenvalue weighted by molar-refractivity contribution is 6.09. The molecular weight excluding hydrogens is 316 g/mol. The summed E-state index contributed by atoms with van der Waals surface area (Å²) in [6.07, 6.45) is 5.38. The van der Waals surface area contributed by atoms with Crippen LogP contribution in [0.15, 0.2) is 30.6 Å². The number of hydrogen-bond donors (Lipinski definition) is 1. The molecule has 1 aliphatic heterocycles. The maximum absolute atomic E-state index is 12.8. The summed E-state index contributed by atoms with van der Waals surface area (Å²) in [4.78, 5) is 35.5. The molecule has 0 atom stereocenters. The third-order valence-corrected chi connectivity index (χ3v) is 4.88. The fraction of sp³-hybridized carbons (Fsp3) is 0.368. The third kappa shape index (κ3) is 2.58. The van der Waals surface area contributed by atoms with E-state index in [1.807, 2.05) is 31.7 Å². The number of hydrogen-bond acceptors (Lipinski definition) is 4. The first-order valence-electron chi connectivity index (χ1n) is 8.46. The van der Waals surface area contributed by atoms with Gasteiger partial charge in [-0.3, -0.25) is 14.6 Å². The summed E-state index contributed by atoms with van der Waals surface area (Å²) in [6, 6.07) is 5.48. The molecule has 0 unspecified atom stereocenters. The minimum atomic E-state index is -0.574. The van der Waals surface area contributed by atoms with Crippen molar-refractivity contribution in [3.63, 3.8) is 0 Å². The molecule has 2 aliphatic rings. The van der Waals surface area contributed by atoms with Crippen LogP contribution in [0.3, 0.4) is 0 Å². The van der Waals surface area contributed by atoms with Crippen LogP contribution in [-0.2, 0) is 10.2 Å². The summed E-state index contributed by atoms with van der Waals surface area (Å²) in [6.45, 7) is 5.69. The Kier molecular flexibility index (Phi) is 3.39. The average Bonchev–Trinajstić information content (AvgIpc) is 3.37. The van der Waals surface area contributed by atoms with Crippen LogP contribution in [0.5, 0.6) is 0 Å². The van der Waals surface area contributed by atoms with Crippen LogP contribution >= 0.6 is 0 Å². The predicted octanol–water partition coefficient (Wildman–Crippen LogP) is 2.82. The summed E-state index contributed by atoms with van der Waals surface area (Å²) in [5.41, 5.74) is 2.53. The second-order valence-corrected chi connectivity index (χ2v) is 7.26. The van der Waals surface area contributed by atoms with Crippen LogP contribution in [0.4, 0.5) is 11.5 Å². The highest BCUT2D eigenvalue weighted by Crippen LogP contribution is 2.46. The summed E-state index contributed by atoms with van der Waals surface area (Å²) in [5.74, 6) is 0.328. The number of carbonyl (C=O) groups excluding carboxylic acids is 2. The fourth-order valence-corrected chi connectivity index (χ4v) is 3.29. The largest absolute Gasteiger partial charge is 0.308 e. The van der Waals surface area contributed by atoms with E-state index in [1.54, 1.807) is 24.5 Å². The monoisotopic (exact) mass is 336 g/mol. The molecule has 1 fully saturated rings. The lowest BCUT2D eigenvalue weighted by Gasteiger charge is -2.19. The second kappa shape index (κ2) is 5.37. The highest BCUT2D eigenvalue weighted by atomic mass is 16.2. The van der Waals surface area contributed by atoms with Gasteiger partial charge in [0.05, 0.1) is 11.1 Å². The quantitative estimate of drug-likeness (QED) is 0.935. The molecule has 6 nitrogen and oxygen atoms in total. The molecule has 3 heterocycles. The van der Waals surface area contributed by atoms with E-state index < -0.39 is 5.41 Å². The van der Waals surface area contributed by atoms with E-state index in [2.05, 4.69) is 15.3 Å². The second-order valence-electron chi connectivity index (χ2n) is 7.26. The zero-order valence-electron chi connectivity index (χ0n) is 14.5. The molecule has 1 aliphatic carbocycles. The number of carbonyl (C=O) groups is 2. The van der Waals surface area contributed by atoms with Gasteiger partial charge < -0.3 is 10.2 Å². The molecule has 25 heavy (non-hydrogen) atoms. The van der Waals surface area contributed by atoms with Gasteiger partial charge in [0.15, 0.2) is 0 Å². The molecule has 0 radical (unpaired) electrons. The van der Waals surface area contributed by atoms with Crippen LogP contribution in [0.2, 0.25) is 0 Å². The zero-order chi connectivity index (χ0) is 17.8. The Balaban J connectivity index is 1.65. The zero-order valence-corrected chi connectivity index (χ0v) is 14.5. The molecule has 0 aromatic carbocycles. The van der Waals surface area contributed by atoms with Crippen molar-refractivity contribution >= 4 is 23.3 Å². The van der Waals surface area contributed by atoms with E-state index in [0.717, 1.165) is 29.8 Å². The Bertz CT molecular complexity index is 887. The first kappa shape index (κ1) is 15.7. The number of fused-ring (bicyclic) bond motifs is 1. The lowest BCUT2D eigenvalue weighted by Crippen LogP contribution is -2.37. The van der Waals surface area contributed by atoms with Crippen LogP contribution in [-0.4, -0.2) is 27.8 Å². The van der Waals surface area contributed by atoms with Gasteiger partial charge in [0.2, 0.25) is 5.91 Å². The summed E-state index contributed by atoms with van der Waals surface area (Å²) in [7, 11) is 0. The number of anilines is 2. The van der Waals surface area contributed by atoms with Crippen LogP contribution in [0.1, 0.15) is 48.3 Å². The van der Waals surface area contributed by atoms with Gasteiger partial charge in [-0.2, -0.15) is 0 Å². The van der Waals surface area contributed by atoms with E-state index in [4.69, 9.17) is 0 Å². The first-order chi connectivity index (χ1) is 11.9. The van der Waals surface area contributed by atoms with Gasteiger partial charge >= 0.3 is 0 Å². The Morgan fingerprint density at radius 2 is 2.04 bits per heavy atom. The Morgan fingerprint density at radius 1 is 1.28 bits per heavy atom. The minimum Gasteiger partial charge on any atom is -0.308 e. The van der Waals surface area contributed by atoms with Crippen molar-refractivity contribution in [1.29, 1.82) is 0 Å². The number of rotatable bonds is 3.